The van der Waals surface area contributed by atoms with E-state index in [9.17, 15) is 4.39 Å². The summed E-state index contributed by atoms with van der Waals surface area (Å²) in [6.07, 6.45) is 4.00. The molecule has 0 amide bonds. The van der Waals surface area contributed by atoms with E-state index in [1.165, 1.54) is 6.07 Å². The number of nitrogens with two attached hydrogens (primary N) is 2. The monoisotopic (exact) mass is 502 g/mol. The maximum atomic E-state index is 16.1. The van der Waals surface area contributed by atoms with Crippen molar-refractivity contribution in [1.82, 2.24) is 10.2 Å². The Labute approximate surface area is 196 Å². The molecule has 170 valence electrons. The zero-order chi connectivity index (χ0) is 23.7. The lowest BCUT2D eigenvalue weighted by Crippen LogP contribution is -2.55. The molecule has 32 heavy (non-hydrogen) atoms. The summed E-state index contributed by atoms with van der Waals surface area (Å²) in [5.74, 6) is -0.908. The molecule has 2 aliphatic rings. The van der Waals surface area contributed by atoms with Crippen molar-refractivity contribution in [3.8, 4) is 0 Å². The third-order valence-corrected chi connectivity index (χ3v) is 6.37. The first-order chi connectivity index (χ1) is 15.1. The molecule has 0 bridgehead atoms. The number of allylic oxidation sites excluding steroid dienone is 7. The van der Waals surface area contributed by atoms with Gasteiger partial charge in [-0.1, -0.05) is 20.1 Å². The van der Waals surface area contributed by atoms with Crippen molar-refractivity contribution in [3.63, 3.8) is 0 Å². The van der Waals surface area contributed by atoms with E-state index in [4.69, 9.17) is 11.5 Å². The topological polar surface area (TPSA) is 67.3 Å². The molecule has 0 aliphatic carbocycles. The fraction of sp³-hybridized carbons (Fsp3) is 0.280. The summed E-state index contributed by atoms with van der Waals surface area (Å²) < 4.78 is 31.0. The number of likely N-dealkylation sites (tertiary alicyclic amines) is 1. The van der Waals surface area contributed by atoms with Crippen molar-refractivity contribution in [2.45, 2.75) is 33.2 Å². The lowest BCUT2D eigenvalue weighted by molar-refractivity contribution is 0.201. The van der Waals surface area contributed by atoms with E-state index in [0.29, 0.717) is 57.5 Å². The summed E-state index contributed by atoms with van der Waals surface area (Å²) in [5, 5.41) is 3.11. The van der Waals surface area contributed by atoms with Gasteiger partial charge >= 0.3 is 0 Å². The molecule has 3 rings (SSSR count). The number of aryl methyl sites for hydroxylation is 1. The van der Waals surface area contributed by atoms with Crippen molar-refractivity contribution in [3.05, 3.63) is 92.9 Å². The van der Waals surface area contributed by atoms with Crippen LogP contribution in [0, 0.1) is 5.82 Å². The number of anilines is 1. The van der Waals surface area contributed by atoms with Crippen LogP contribution < -0.4 is 16.8 Å². The molecule has 0 unspecified atom stereocenters. The predicted octanol–water partition coefficient (Wildman–Crippen LogP) is 5.42. The molecule has 1 aromatic rings. The Morgan fingerprint density at radius 1 is 1.28 bits per heavy atom. The zero-order valence-electron chi connectivity index (χ0n) is 18.7. The number of nitrogen functional groups attached to an aromatic ring is 1. The first kappa shape index (κ1) is 24.0. The van der Waals surface area contributed by atoms with Gasteiger partial charge < -0.3 is 21.7 Å². The Balaban J connectivity index is 2.37. The fourth-order valence-electron chi connectivity index (χ4n) is 3.99. The number of halogens is 3. The molecule has 0 spiro atoms. The van der Waals surface area contributed by atoms with Crippen molar-refractivity contribution in [2.24, 2.45) is 5.73 Å². The molecule has 1 aromatic carbocycles. The molecule has 7 heteroatoms. The van der Waals surface area contributed by atoms with Crippen LogP contribution in [0.25, 0.3) is 5.57 Å². The average molecular weight is 503 g/mol. The lowest BCUT2D eigenvalue weighted by Gasteiger charge is -2.40. The number of hydrogen-bond donors (Lipinski definition) is 3. The van der Waals surface area contributed by atoms with Gasteiger partial charge in [0.05, 0.1) is 15.9 Å². The van der Waals surface area contributed by atoms with Crippen LogP contribution in [-0.4, -0.2) is 24.0 Å². The van der Waals surface area contributed by atoms with Crippen LogP contribution in [-0.2, 0) is 6.42 Å². The van der Waals surface area contributed by atoms with E-state index in [1.807, 2.05) is 18.7 Å². The molecular formula is C25H29BrF2N4. The van der Waals surface area contributed by atoms with Crippen LogP contribution in [0.5, 0.6) is 0 Å². The SMILES string of the molecule is C=C(C)/C1=C/N/C=C(Br)/C(N2CC(N)C2)=C(F)\C(C)=C(/c2cc(N)c(F)cc2CC)C1=C. The molecule has 0 aromatic heterocycles. The number of nitrogens with zero attached hydrogens (tertiary/aromatic N) is 1. The molecule has 2 heterocycles. The van der Waals surface area contributed by atoms with Crippen LogP contribution in [0.4, 0.5) is 14.5 Å². The molecule has 4 nitrogen and oxygen atoms in total. The van der Waals surface area contributed by atoms with E-state index >= 15 is 4.39 Å². The average Bonchev–Trinajstić information content (AvgIpc) is 2.71. The molecule has 0 atom stereocenters. The fourth-order valence-corrected chi connectivity index (χ4v) is 4.55. The minimum atomic E-state index is -0.497. The Bertz CT molecular complexity index is 1110. The van der Waals surface area contributed by atoms with E-state index in [1.54, 1.807) is 25.4 Å². The molecule has 0 saturated carbocycles. The van der Waals surface area contributed by atoms with E-state index < -0.39 is 11.6 Å². The second-order valence-corrected chi connectivity index (χ2v) is 9.04. The second-order valence-electron chi connectivity index (χ2n) is 8.19. The van der Waals surface area contributed by atoms with Gasteiger partial charge in [0.1, 0.15) is 5.82 Å². The van der Waals surface area contributed by atoms with Crippen molar-refractivity contribution in [1.29, 1.82) is 0 Å². The van der Waals surface area contributed by atoms with E-state index in [2.05, 4.69) is 34.4 Å². The van der Waals surface area contributed by atoms with Gasteiger partial charge in [-0.25, -0.2) is 8.78 Å². The van der Waals surface area contributed by atoms with E-state index in [0.717, 1.165) is 11.1 Å². The Kier molecular flexibility index (Phi) is 7.10. The summed E-state index contributed by atoms with van der Waals surface area (Å²) in [4.78, 5) is 1.89. The largest absolute Gasteiger partial charge is 0.396 e. The quantitative estimate of drug-likeness (QED) is 0.480. The third-order valence-electron chi connectivity index (χ3n) is 5.76. The minimum Gasteiger partial charge on any atom is -0.396 e. The number of benzene rings is 1. The zero-order valence-corrected chi connectivity index (χ0v) is 20.2. The summed E-state index contributed by atoms with van der Waals surface area (Å²) in [7, 11) is 0. The Morgan fingerprint density at radius 2 is 1.94 bits per heavy atom. The Morgan fingerprint density at radius 3 is 2.50 bits per heavy atom. The van der Waals surface area contributed by atoms with Crippen molar-refractivity contribution < 1.29 is 8.78 Å². The van der Waals surface area contributed by atoms with Crippen LogP contribution in [0.3, 0.4) is 0 Å². The molecule has 0 radical (unpaired) electrons. The predicted molar refractivity (Wildman–Crippen MR) is 133 cm³/mol. The highest BCUT2D eigenvalue weighted by Crippen LogP contribution is 2.41. The summed E-state index contributed by atoms with van der Waals surface area (Å²) in [6, 6.07) is 2.97. The van der Waals surface area contributed by atoms with Crippen molar-refractivity contribution >= 4 is 27.2 Å². The second kappa shape index (κ2) is 9.46. The van der Waals surface area contributed by atoms with Crippen LogP contribution in [0.1, 0.15) is 31.9 Å². The third kappa shape index (κ3) is 4.45. The van der Waals surface area contributed by atoms with Crippen LogP contribution in [0.15, 0.2) is 76.0 Å². The summed E-state index contributed by atoms with van der Waals surface area (Å²) in [6.45, 7) is 14.9. The van der Waals surface area contributed by atoms with Gasteiger partial charge in [0.25, 0.3) is 0 Å². The van der Waals surface area contributed by atoms with Gasteiger partial charge in [0.2, 0.25) is 0 Å². The molecule has 1 fully saturated rings. The smallest absolute Gasteiger partial charge is 0.151 e. The number of hydrogen-bond acceptors (Lipinski definition) is 4. The first-order valence-electron chi connectivity index (χ1n) is 10.4. The van der Waals surface area contributed by atoms with Gasteiger partial charge in [-0.05, 0) is 81.8 Å². The van der Waals surface area contributed by atoms with Gasteiger partial charge in [-0.15, -0.1) is 0 Å². The lowest BCUT2D eigenvalue weighted by atomic mass is 9.84. The maximum Gasteiger partial charge on any atom is 0.151 e. The first-order valence-corrected chi connectivity index (χ1v) is 11.2. The standard InChI is InChI=1S/C25H29BrF2N4/c1-6-16-7-21(27)22(30)8-18(16)23-14(4)19(13(2)3)9-31-10-20(26)25(24(28)15(23)5)32-11-17(29)12-32/h7-10,17,31H,2,4,6,11-12,29-30H2,1,3,5H3/b19-9-,20-10-,23-15-,25-24-. The highest BCUT2D eigenvalue weighted by molar-refractivity contribution is 9.12. The maximum absolute atomic E-state index is 16.1. The van der Waals surface area contributed by atoms with Gasteiger partial charge in [-0.3, -0.25) is 0 Å². The number of nitrogens with one attached hydrogen (secondary N) is 1. The highest BCUT2D eigenvalue weighted by atomic mass is 79.9. The van der Waals surface area contributed by atoms with Crippen LogP contribution in [0.2, 0.25) is 0 Å². The van der Waals surface area contributed by atoms with Crippen LogP contribution >= 0.6 is 15.9 Å². The van der Waals surface area contributed by atoms with Gasteiger partial charge in [0.15, 0.2) is 5.83 Å². The van der Waals surface area contributed by atoms with Gasteiger partial charge in [-0.2, -0.15) is 0 Å². The minimum absolute atomic E-state index is 0.000720. The molecule has 5 N–H and O–H groups in total. The van der Waals surface area contributed by atoms with E-state index in [-0.39, 0.29) is 11.7 Å². The van der Waals surface area contributed by atoms with Gasteiger partial charge in [0, 0.05) is 37.1 Å². The summed E-state index contributed by atoms with van der Waals surface area (Å²) in [5.41, 5.74) is 16.6. The van der Waals surface area contributed by atoms with Crippen molar-refractivity contribution in [2.75, 3.05) is 18.8 Å². The number of rotatable bonds is 4. The molecule has 1 saturated heterocycles. The highest BCUT2D eigenvalue weighted by Gasteiger charge is 2.31. The summed E-state index contributed by atoms with van der Waals surface area (Å²) >= 11 is 3.51. The molecular weight excluding hydrogens is 474 g/mol. The normalized spacial score (nSPS) is 26.0. The molecule has 2 aliphatic heterocycles. The Hall–Kier alpha value is -2.64.